The first kappa shape index (κ1) is 19.3. The highest BCUT2D eigenvalue weighted by atomic mass is 16.5. The summed E-state index contributed by atoms with van der Waals surface area (Å²) in [4.78, 5) is 37.6. The van der Waals surface area contributed by atoms with Crippen LogP contribution in [0.25, 0.3) is 0 Å². The standard InChI is InChI=1S/C20H21NO5/c1-4-5-14-13(3)16-10-26-20(25)18(16)19(21-11-22)15(14)8-6-12(2)7-9-17(23)24/h4,6H,1,5,7-10H2,2-3H3,(H,23,24). The number of allylic oxidation sites excluding steroid dienone is 3. The minimum Gasteiger partial charge on any atom is -0.481 e. The van der Waals surface area contributed by atoms with Crippen LogP contribution in [0.15, 0.2) is 29.3 Å². The monoisotopic (exact) mass is 355 g/mol. The lowest BCUT2D eigenvalue weighted by molar-refractivity contribution is -0.136. The molecule has 1 N–H and O–H groups in total. The molecule has 0 saturated carbocycles. The van der Waals surface area contributed by atoms with E-state index in [0.717, 1.165) is 27.8 Å². The van der Waals surface area contributed by atoms with Gasteiger partial charge in [-0.3, -0.25) is 4.79 Å². The summed E-state index contributed by atoms with van der Waals surface area (Å²) in [6.07, 6.45) is 6.67. The van der Waals surface area contributed by atoms with Gasteiger partial charge < -0.3 is 9.84 Å². The number of carbonyl (C=O) groups is 2. The molecular weight excluding hydrogens is 334 g/mol. The van der Waals surface area contributed by atoms with E-state index in [1.54, 1.807) is 6.08 Å². The Bertz CT molecular complexity index is 844. The smallest absolute Gasteiger partial charge is 0.341 e. The number of esters is 1. The van der Waals surface area contributed by atoms with Crippen molar-refractivity contribution >= 4 is 23.7 Å². The SMILES string of the molecule is C=CCc1c(C)c2c(c(N=C=O)c1CC=C(C)CCC(=O)O)C(=O)OC2. The van der Waals surface area contributed by atoms with Gasteiger partial charge in [-0.15, -0.1) is 6.58 Å². The molecule has 1 aliphatic heterocycles. The number of carboxylic acids is 1. The van der Waals surface area contributed by atoms with Crippen molar-refractivity contribution in [3.63, 3.8) is 0 Å². The second-order valence-corrected chi connectivity index (χ2v) is 6.20. The first-order chi connectivity index (χ1) is 12.4. The first-order valence-corrected chi connectivity index (χ1v) is 8.31. The number of carbonyl (C=O) groups excluding carboxylic acids is 2. The number of rotatable bonds is 8. The van der Waals surface area contributed by atoms with Crippen molar-refractivity contribution in [1.82, 2.24) is 0 Å². The van der Waals surface area contributed by atoms with Gasteiger partial charge >= 0.3 is 11.9 Å². The van der Waals surface area contributed by atoms with Gasteiger partial charge in [0, 0.05) is 12.0 Å². The van der Waals surface area contributed by atoms with Crippen molar-refractivity contribution < 1.29 is 24.2 Å². The fraction of sp³-hybridized carbons (Fsp3) is 0.350. The van der Waals surface area contributed by atoms with Crippen LogP contribution >= 0.6 is 0 Å². The summed E-state index contributed by atoms with van der Waals surface area (Å²) in [5.41, 5.74) is 4.91. The normalized spacial score (nSPS) is 13.0. The Hall–Kier alpha value is -2.98. The van der Waals surface area contributed by atoms with Gasteiger partial charge in [0.05, 0.1) is 11.3 Å². The molecule has 1 aliphatic rings. The van der Waals surface area contributed by atoms with Crippen LogP contribution in [0, 0.1) is 6.92 Å². The number of hydrogen-bond donors (Lipinski definition) is 1. The number of carboxylic acid groups (broad SMARTS) is 1. The van der Waals surface area contributed by atoms with Gasteiger partial charge in [0.1, 0.15) is 6.61 Å². The number of aliphatic imine (C=N–C) groups is 1. The summed E-state index contributed by atoms with van der Waals surface area (Å²) in [5, 5.41) is 8.80. The maximum Gasteiger partial charge on any atom is 0.341 e. The number of nitrogens with zero attached hydrogens (tertiary/aromatic N) is 1. The van der Waals surface area contributed by atoms with E-state index in [1.807, 2.05) is 19.9 Å². The van der Waals surface area contributed by atoms with Crippen molar-refractivity contribution in [1.29, 1.82) is 0 Å². The number of cyclic esters (lactones) is 1. The van der Waals surface area contributed by atoms with Gasteiger partial charge in [0.25, 0.3) is 0 Å². The molecule has 0 amide bonds. The lowest BCUT2D eigenvalue weighted by Gasteiger charge is -2.16. The lowest BCUT2D eigenvalue weighted by atomic mass is 9.88. The number of isocyanates is 1. The average molecular weight is 355 g/mol. The summed E-state index contributed by atoms with van der Waals surface area (Å²) < 4.78 is 5.13. The Morgan fingerprint density at radius 2 is 2.08 bits per heavy atom. The highest BCUT2D eigenvalue weighted by molar-refractivity contribution is 6.00. The number of fused-ring (bicyclic) bond motifs is 1. The summed E-state index contributed by atoms with van der Waals surface area (Å²) >= 11 is 0. The molecule has 2 rings (SSSR count). The van der Waals surface area contributed by atoms with E-state index in [-0.39, 0.29) is 13.0 Å². The summed E-state index contributed by atoms with van der Waals surface area (Å²) in [5.74, 6) is -1.34. The van der Waals surface area contributed by atoms with Crippen LogP contribution in [0.4, 0.5) is 5.69 Å². The van der Waals surface area contributed by atoms with Crippen LogP contribution in [-0.4, -0.2) is 23.1 Å². The molecule has 0 atom stereocenters. The number of aliphatic carboxylic acids is 1. The molecule has 1 heterocycles. The lowest BCUT2D eigenvalue weighted by Crippen LogP contribution is -2.05. The molecule has 0 aliphatic carbocycles. The van der Waals surface area contributed by atoms with E-state index < -0.39 is 11.9 Å². The third-order valence-electron chi connectivity index (χ3n) is 4.54. The van der Waals surface area contributed by atoms with Gasteiger partial charge in [-0.2, -0.15) is 4.99 Å². The second kappa shape index (κ2) is 8.41. The van der Waals surface area contributed by atoms with E-state index in [2.05, 4.69) is 11.6 Å². The van der Waals surface area contributed by atoms with Gasteiger partial charge in [-0.1, -0.05) is 17.7 Å². The molecule has 6 heteroatoms. The summed E-state index contributed by atoms with van der Waals surface area (Å²) in [7, 11) is 0. The zero-order valence-corrected chi connectivity index (χ0v) is 14.9. The molecule has 26 heavy (non-hydrogen) atoms. The van der Waals surface area contributed by atoms with Gasteiger partial charge in [-0.05, 0) is 49.8 Å². The van der Waals surface area contributed by atoms with Crippen molar-refractivity contribution in [2.24, 2.45) is 4.99 Å². The largest absolute Gasteiger partial charge is 0.481 e. The molecule has 1 aromatic rings. The van der Waals surface area contributed by atoms with Crippen molar-refractivity contribution in [2.45, 2.75) is 46.1 Å². The van der Waals surface area contributed by atoms with Crippen LogP contribution in [-0.2, 0) is 33.8 Å². The van der Waals surface area contributed by atoms with Crippen LogP contribution < -0.4 is 0 Å². The molecule has 0 spiro atoms. The molecular formula is C20H21NO5. The Morgan fingerprint density at radius 1 is 1.35 bits per heavy atom. The van der Waals surface area contributed by atoms with E-state index in [9.17, 15) is 14.4 Å². The van der Waals surface area contributed by atoms with Gasteiger partial charge in [0.15, 0.2) is 0 Å². The second-order valence-electron chi connectivity index (χ2n) is 6.20. The van der Waals surface area contributed by atoms with Crippen LogP contribution in [0.5, 0.6) is 0 Å². The molecule has 1 aromatic carbocycles. The summed E-state index contributed by atoms with van der Waals surface area (Å²) in [6, 6.07) is 0. The Labute approximate surface area is 151 Å². The maximum atomic E-state index is 12.1. The third kappa shape index (κ3) is 3.98. The molecule has 6 nitrogen and oxygen atoms in total. The zero-order chi connectivity index (χ0) is 19.3. The van der Waals surface area contributed by atoms with E-state index >= 15 is 0 Å². The zero-order valence-electron chi connectivity index (χ0n) is 14.9. The van der Waals surface area contributed by atoms with Crippen molar-refractivity contribution in [3.05, 3.63) is 52.1 Å². The number of ether oxygens (including phenoxy) is 1. The van der Waals surface area contributed by atoms with E-state index in [1.165, 1.54) is 6.08 Å². The Morgan fingerprint density at radius 3 is 2.69 bits per heavy atom. The predicted octanol–water partition coefficient (Wildman–Crippen LogP) is 3.71. The van der Waals surface area contributed by atoms with Crippen LogP contribution in [0.3, 0.4) is 0 Å². The molecule has 136 valence electrons. The first-order valence-electron chi connectivity index (χ1n) is 8.31. The number of hydrogen-bond acceptors (Lipinski definition) is 5. The molecule has 0 aromatic heterocycles. The quantitative estimate of drug-likeness (QED) is 0.332. The fourth-order valence-electron chi connectivity index (χ4n) is 3.13. The summed E-state index contributed by atoms with van der Waals surface area (Å²) in [6.45, 7) is 7.72. The van der Waals surface area contributed by atoms with Gasteiger partial charge in [-0.25, -0.2) is 9.59 Å². The molecule has 0 fully saturated rings. The highest BCUT2D eigenvalue weighted by Gasteiger charge is 2.31. The number of benzene rings is 1. The minimum absolute atomic E-state index is 0.0523. The third-order valence-corrected chi connectivity index (χ3v) is 4.54. The molecule has 0 bridgehead atoms. The Kier molecular flexibility index (Phi) is 6.26. The minimum atomic E-state index is -0.854. The topological polar surface area (TPSA) is 93.0 Å². The maximum absolute atomic E-state index is 12.1. The van der Waals surface area contributed by atoms with Crippen LogP contribution in [0.1, 0.15) is 52.4 Å². The van der Waals surface area contributed by atoms with E-state index in [0.29, 0.717) is 30.5 Å². The highest BCUT2D eigenvalue weighted by Crippen LogP contribution is 2.39. The van der Waals surface area contributed by atoms with Crippen molar-refractivity contribution in [2.75, 3.05) is 0 Å². The fourth-order valence-corrected chi connectivity index (χ4v) is 3.13. The molecule has 0 radical (unpaired) electrons. The molecule has 0 unspecified atom stereocenters. The average Bonchev–Trinajstić information content (AvgIpc) is 2.98. The van der Waals surface area contributed by atoms with E-state index in [4.69, 9.17) is 9.84 Å². The molecule has 0 saturated heterocycles. The van der Waals surface area contributed by atoms with Gasteiger partial charge in [0.2, 0.25) is 6.08 Å². The van der Waals surface area contributed by atoms with Crippen molar-refractivity contribution in [3.8, 4) is 0 Å². The Balaban J connectivity index is 2.56. The predicted molar refractivity (Wildman–Crippen MR) is 96.3 cm³/mol. The van der Waals surface area contributed by atoms with Crippen LogP contribution in [0.2, 0.25) is 0 Å².